The normalized spacial score (nSPS) is 10.2. The molecule has 0 saturated heterocycles. The number of hydrogen-bond donors (Lipinski definition) is 1. The predicted octanol–water partition coefficient (Wildman–Crippen LogP) is 3.71. The first-order chi connectivity index (χ1) is 10.1. The summed E-state index contributed by atoms with van der Waals surface area (Å²) in [4.78, 5) is 0.324. The molecular formula is C16H16BrNO2S. The molecule has 21 heavy (non-hydrogen) atoms. The maximum Gasteiger partial charge on any atom is 0.175 e. The van der Waals surface area contributed by atoms with Gasteiger partial charge in [0.05, 0.1) is 18.2 Å². The summed E-state index contributed by atoms with van der Waals surface area (Å²) in [5.74, 6) is 1.27. The second-order valence-electron chi connectivity index (χ2n) is 4.44. The van der Waals surface area contributed by atoms with Gasteiger partial charge in [-0.15, -0.1) is 0 Å². The van der Waals surface area contributed by atoms with Crippen LogP contribution in [0.1, 0.15) is 11.1 Å². The second kappa shape index (κ2) is 7.43. The molecule has 2 aromatic rings. The molecule has 2 aromatic carbocycles. The molecular weight excluding hydrogens is 350 g/mol. The van der Waals surface area contributed by atoms with E-state index in [4.69, 9.17) is 27.4 Å². The smallest absolute Gasteiger partial charge is 0.175 e. The molecule has 0 bridgehead atoms. The number of hydrogen-bond acceptors (Lipinski definition) is 3. The fourth-order valence-corrected chi connectivity index (χ4v) is 2.59. The average Bonchev–Trinajstić information content (AvgIpc) is 2.49. The molecule has 0 radical (unpaired) electrons. The fraction of sp³-hybridized carbons (Fsp3) is 0.188. The monoisotopic (exact) mass is 365 g/mol. The third kappa shape index (κ3) is 4.19. The first-order valence-corrected chi connectivity index (χ1v) is 7.66. The van der Waals surface area contributed by atoms with E-state index in [-0.39, 0.29) is 0 Å². The van der Waals surface area contributed by atoms with Crippen molar-refractivity contribution in [2.45, 2.75) is 6.42 Å². The Bertz CT molecular complexity index is 632. The van der Waals surface area contributed by atoms with Crippen LogP contribution >= 0.6 is 28.1 Å². The number of thiocarbonyl (C=S) groups is 1. The number of halogens is 1. The number of benzene rings is 2. The summed E-state index contributed by atoms with van der Waals surface area (Å²) in [5, 5.41) is 0. The summed E-state index contributed by atoms with van der Waals surface area (Å²) in [6.45, 7) is 0.561. The predicted molar refractivity (Wildman–Crippen MR) is 92.2 cm³/mol. The number of rotatable bonds is 6. The molecule has 110 valence electrons. The standard InChI is InChI=1S/C16H16BrNO2S/c1-19-14-10-12(16(18)21)9-13(17)15(14)20-8-7-11-5-3-2-4-6-11/h2-6,9-10H,7-8H2,1H3,(H2,18,21). The lowest BCUT2D eigenvalue weighted by molar-refractivity contribution is 0.296. The molecule has 0 heterocycles. The molecule has 0 amide bonds. The van der Waals surface area contributed by atoms with E-state index in [1.165, 1.54) is 5.56 Å². The van der Waals surface area contributed by atoms with Crippen LogP contribution in [-0.2, 0) is 6.42 Å². The maximum atomic E-state index is 5.84. The van der Waals surface area contributed by atoms with Gasteiger partial charge in [-0.3, -0.25) is 0 Å². The highest BCUT2D eigenvalue weighted by Crippen LogP contribution is 2.36. The van der Waals surface area contributed by atoms with Crippen molar-refractivity contribution in [1.82, 2.24) is 0 Å². The summed E-state index contributed by atoms with van der Waals surface area (Å²) >= 11 is 8.46. The zero-order valence-electron chi connectivity index (χ0n) is 11.6. The lowest BCUT2D eigenvalue weighted by atomic mass is 10.1. The van der Waals surface area contributed by atoms with Crippen molar-refractivity contribution in [2.24, 2.45) is 5.73 Å². The van der Waals surface area contributed by atoms with E-state index in [0.29, 0.717) is 23.1 Å². The first-order valence-electron chi connectivity index (χ1n) is 6.46. The molecule has 2 N–H and O–H groups in total. The Morgan fingerprint density at radius 1 is 1.24 bits per heavy atom. The quantitative estimate of drug-likeness (QED) is 0.792. The van der Waals surface area contributed by atoms with Crippen molar-refractivity contribution >= 4 is 33.1 Å². The number of nitrogens with two attached hydrogens (primary N) is 1. The fourth-order valence-electron chi connectivity index (χ4n) is 1.92. The van der Waals surface area contributed by atoms with Gasteiger partial charge in [0.25, 0.3) is 0 Å². The lowest BCUT2D eigenvalue weighted by Gasteiger charge is -2.14. The highest BCUT2D eigenvalue weighted by atomic mass is 79.9. The van der Waals surface area contributed by atoms with Gasteiger partial charge in [-0.25, -0.2) is 0 Å². The third-order valence-corrected chi connectivity index (χ3v) is 3.82. The zero-order valence-corrected chi connectivity index (χ0v) is 14.0. The van der Waals surface area contributed by atoms with E-state index in [9.17, 15) is 0 Å². The Kier molecular flexibility index (Phi) is 5.59. The molecule has 0 unspecified atom stereocenters. The summed E-state index contributed by atoms with van der Waals surface area (Å²) in [5.41, 5.74) is 7.62. The maximum absolute atomic E-state index is 5.84. The van der Waals surface area contributed by atoms with Gasteiger partial charge in [0.2, 0.25) is 0 Å². The Morgan fingerprint density at radius 2 is 1.95 bits per heavy atom. The molecule has 0 aliphatic heterocycles. The van der Waals surface area contributed by atoms with Crippen LogP contribution in [0.15, 0.2) is 46.9 Å². The van der Waals surface area contributed by atoms with E-state index < -0.39 is 0 Å². The van der Waals surface area contributed by atoms with Gasteiger partial charge in [-0.2, -0.15) is 0 Å². The van der Waals surface area contributed by atoms with E-state index in [1.807, 2.05) is 24.3 Å². The topological polar surface area (TPSA) is 44.5 Å². The summed E-state index contributed by atoms with van der Waals surface area (Å²) in [6.07, 6.45) is 0.827. The minimum Gasteiger partial charge on any atom is -0.493 e. The van der Waals surface area contributed by atoms with Crippen LogP contribution < -0.4 is 15.2 Å². The van der Waals surface area contributed by atoms with Crippen molar-refractivity contribution in [2.75, 3.05) is 13.7 Å². The van der Waals surface area contributed by atoms with Crippen LogP contribution in [0.2, 0.25) is 0 Å². The van der Waals surface area contributed by atoms with Gasteiger partial charge in [0.15, 0.2) is 11.5 Å². The van der Waals surface area contributed by atoms with Gasteiger partial charge in [-0.05, 0) is 33.6 Å². The van der Waals surface area contributed by atoms with E-state index >= 15 is 0 Å². The van der Waals surface area contributed by atoms with Gasteiger partial charge in [0.1, 0.15) is 4.99 Å². The van der Waals surface area contributed by atoms with Crippen molar-refractivity contribution in [3.63, 3.8) is 0 Å². The third-order valence-electron chi connectivity index (χ3n) is 2.99. The lowest BCUT2D eigenvalue weighted by Crippen LogP contribution is -2.10. The van der Waals surface area contributed by atoms with E-state index in [2.05, 4.69) is 28.1 Å². The summed E-state index contributed by atoms with van der Waals surface area (Å²) in [7, 11) is 1.59. The van der Waals surface area contributed by atoms with Crippen molar-refractivity contribution < 1.29 is 9.47 Å². The molecule has 3 nitrogen and oxygen atoms in total. The van der Waals surface area contributed by atoms with Crippen LogP contribution in [0.3, 0.4) is 0 Å². The molecule has 0 atom stereocenters. The Balaban J connectivity index is 2.10. The Morgan fingerprint density at radius 3 is 2.57 bits per heavy atom. The average molecular weight is 366 g/mol. The zero-order chi connectivity index (χ0) is 15.2. The second-order valence-corrected chi connectivity index (χ2v) is 5.73. The van der Waals surface area contributed by atoms with Crippen molar-refractivity contribution in [3.8, 4) is 11.5 Å². The van der Waals surface area contributed by atoms with Gasteiger partial charge < -0.3 is 15.2 Å². The molecule has 2 rings (SSSR count). The van der Waals surface area contributed by atoms with E-state index in [0.717, 1.165) is 16.5 Å². The number of ether oxygens (including phenoxy) is 2. The van der Waals surface area contributed by atoms with Crippen LogP contribution in [-0.4, -0.2) is 18.7 Å². The molecule has 0 fully saturated rings. The molecule has 0 aliphatic carbocycles. The van der Waals surface area contributed by atoms with Crippen molar-refractivity contribution in [3.05, 3.63) is 58.1 Å². The molecule has 0 saturated carbocycles. The molecule has 0 aromatic heterocycles. The summed E-state index contributed by atoms with van der Waals surface area (Å²) in [6, 6.07) is 13.8. The van der Waals surface area contributed by atoms with Crippen LogP contribution in [0.5, 0.6) is 11.5 Å². The van der Waals surface area contributed by atoms with Crippen LogP contribution in [0, 0.1) is 0 Å². The SMILES string of the molecule is COc1cc(C(N)=S)cc(Br)c1OCCc1ccccc1. The van der Waals surface area contributed by atoms with Crippen molar-refractivity contribution in [1.29, 1.82) is 0 Å². The van der Waals surface area contributed by atoms with E-state index in [1.54, 1.807) is 13.2 Å². The molecule has 0 spiro atoms. The Labute approximate surface area is 138 Å². The number of methoxy groups -OCH3 is 1. The highest BCUT2D eigenvalue weighted by Gasteiger charge is 2.12. The largest absolute Gasteiger partial charge is 0.493 e. The first kappa shape index (κ1) is 15.8. The molecule has 0 aliphatic rings. The summed E-state index contributed by atoms with van der Waals surface area (Å²) < 4.78 is 12.0. The van der Waals surface area contributed by atoms with Gasteiger partial charge >= 0.3 is 0 Å². The van der Waals surface area contributed by atoms with Gasteiger partial charge in [-0.1, -0.05) is 42.5 Å². The van der Waals surface area contributed by atoms with Gasteiger partial charge in [0, 0.05) is 12.0 Å². The Hall–Kier alpha value is -1.59. The highest BCUT2D eigenvalue weighted by molar-refractivity contribution is 9.10. The minimum absolute atomic E-state index is 0.324. The van der Waals surface area contributed by atoms with Crippen LogP contribution in [0.25, 0.3) is 0 Å². The van der Waals surface area contributed by atoms with Crippen LogP contribution in [0.4, 0.5) is 0 Å². The minimum atomic E-state index is 0.324. The molecule has 5 heteroatoms.